The number of anilines is 1. The first-order valence-corrected chi connectivity index (χ1v) is 10.3. The van der Waals surface area contributed by atoms with Gasteiger partial charge in [-0.25, -0.2) is 4.39 Å². The topological polar surface area (TPSA) is 48.7 Å². The third kappa shape index (κ3) is 5.20. The maximum atomic E-state index is 13.1. The zero-order valence-corrected chi connectivity index (χ0v) is 17.2. The third-order valence-corrected chi connectivity index (χ3v) is 5.43. The Bertz CT molecular complexity index is 980. The first-order valence-electron chi connectivity index (χ1n) is 9.91. The van der Waals surface area contributed by atoms with Crippen LogP contribution in [0.4, 0.5) is 10.1 Å². The lowest BCUT2D eigenvalue weighted by atomic mass is 10.2. The summed E-state index contributed by atoms with van der Waals surface area (Å²) in [6, 6.07) is 17.7. The molecule has 3 aromatic rings. The standard InChI is InChI=1S/C23H23ClFN3O2/c24-18-3-1-17(2-4-18)22-10-9-21(30-22)15-26-23(29)16-27-11-13-28(14-12-27)20-7-5-19(25)6-8-20/h1-10H,11-16H2,(H,26,29). The van der Waals surface area contributed by atoms with Gasteiger partial charge in [-0.1, -0.05) is 11.6 Å². The van der Waals surface area contributed by atoms with Crippen LogP contribution in [-0.4, -0.2) is 43.5 Å². The number of furan rings is 1. The second-order valence-electron chi connectivity index (χ2n) is 7.29. The van der Waals surface area contributed by atoms with Crippen molar-refractivity contribution in [3.05, 3.63) is 77.3 Å². The lowest BCUT2D eigenvalue weighted by Crippen LogP contribution is -2.49. The van der Waals surface area contributed by atoms with Crippen LogP contribution in [0, 0.1) is 5.82 Å². The maximum absolute atomic E-state index is 13.1. The highest BCUT2D eigenvalue weighted by atomic mass is 35.5. The van der Waals surface area contributed by atoms with E-state index in [-0.39, 0.29) is 11.7 Å². The molecule has 7 heteroatoms. The molecule has 0 saturated carbocycles. The zero-order valence-electron chi connectivity index (χ0n) is 16.5. The van der Waals surface area contributed by atoms with Gasteiger partial charge in [0, 0.05) is 42.5 Å². The number of nitrogens with zero attached hydrogens (tertiary/aromatic N) is 2. The molecule has 0 unspecified atom stereocenters. The molecule has 0 atom stereocenters. The van der Waals surface area contributed by atoms with Crippen LogP contribution >= 0.6 is 11.6 Å². The molecule has 1 saturated heterocycles. The second-order valence-corrected chi connectivity index (χ2v) is 7.73. The number of piperazine rings is 1. The first-order chi connectivity index (χ1) is 14.6. The molecule has 30 heavy (non-hydrogen) atoms. The second kappa shape index (κ2) is 9.32. The van der Waals surface area contributed by atoms with E-state index in [9.17, 15) is 9.18 Å². The van der Waals surface area contributed by atoms with Gasteiger partial charge in [0.25, 0.3) is 0 Å². The van der Waals surface area contributed by atoms with E-state index < -0.39 is 0 Å². The number of amides is 1. The molecule has 1 fully saturated rings. The van der Waals surface area contributed by atoms with Crippen molar-refractivity contribution < 1.29 is 13.6 Å². The van der Waals surface area contributed by atoms with Crippen LogP contribution in [0.2, 0.25) is 5.02 Å². The number of carbonyl (C=O) groups is 1. The lowest BCUT2D eigenvalue weighted by Gasteiger charge is -2.35. The van der Waals surface area contributed by atoms with Gasteiger partial charge in [-0.15, -0.1) is 0 Å². The molecule has 1 aromatic heterocycles. The van der Waals surface area contributed by atoms with Gasteiger partial charge >= 0.3 is 0 Å². The molecule has 0 radical (unpaired) electrons. The Hall–Kier alpha value is -2.83. The van der Waals surface area contributed by atoms with Crippen molar-refractivity contribution in [3.8, 4) is 11.3 Å². The minimum atomic E-state index is -0.231. The molecule has 2 heterocycles. The predicted octanol–water partition coefficient (Wildman–Crippen LogP) is 4.18. The van der Waals surface area contributed by atoms with Gasteiger partial charge < -0.3 is 14.6 Å². The van der Waals surface area contributed by atoms with Crippen molar-refractivity contribution >= 4 is 23.2 Å². The number of nitrogens with one attached hydrogen (secondary N) is 1. The van der Waals surface area contributed by atoms with Crippen molar-refractivity contribution in [2.45, 2.75) is 6.54 Å². The van der Waals surface area contributed by atoms with Gasteiger partial charge in [-0.05, 0) is 60.7 Å². The molecular formula is C23H23ClFN3O2. The Morgan fingerprint density at radius 3 is 2.37 bits per heavy atom. The maximum Gasteiger partial charge on any atom is 0.234 e. The summed E-state index contributed by atoms with van der Waals surface area (Å²) in [5, 5.41) is 3.60. The quantitative estimate of drug-likeness (QED) is 0.641. The largest absolute Gasteiger partial charge is 0.459 e. The van der Waals surface area contributed by atoms with E-state index in [1.54, 1.807) is 12.1 Å². The van der Waals surface area contributed by atoms with E-state index in [1.807, 2.05) is 36.4 Å². The minimum absolute atomic E-state index is 0.0327. The van der Waals surface area contributed by atoms with Crippen LogP contribution in [0.15, 0.2) is 65.1 Å². The molecule has 1 amide bonds. The van der Waals surface area contributed by atoms with Crippen molar-refractivity contribution in [1.82, 2.24) is 10.2 Å². The Morgan fingerprint density at radius 1 is 0.967 bits per heavy atom. The van der Waals surface area contributed by atoms with Crippen LogP contribution < -0.4 is 10.2 Å². The summed E-state index contributed by atoms with van der Waals surface area (Å²) in [7, 11) is 0. The summed E-state index contributed by atoms with van der Waals surface area (Å²) in [5.74, 6) is 1.18. The van der Waals surface area contributed by atoms with E-state index in [0.717, 1.165) is 43.2 Å². The molecule has 5 nitrogen and oxygen atoms in total. The smallest absolute Gasteiger partial charge is 0.234 e. The summed E-state index contributed by atoms with van der Waals surface area (Å²) in [6.07, 6.45) is 0. The van der Waals surface area contributed by atoms with Crippen molar-refractivity contribution in [1.29, 1.82) is 0 Å². The van der Waals surface area contributed by atoms with Crippen LogP contribution in [-0.2, 0) is 11.3 Å². The Balaban J connectivity index is 1.22. The highest BCUT2D eigenvalue weighted by Gasteiger charge is 2.19. The fraction of sp³-hybridized carbons (Fsp3) is 0.261. The molecule has 0 spiro atoms. The molecule has 0 bridgehead atoms. The van der Waals surface area contributed by atoms with Gasteiger partial charge in [0.1, 0.15) is 17.3 Å². The summed E-state index contributed by atoms with van der Waals surface area (Å²) >= 11 is 5.92. The summed E-state index contributed by atoms with van der Waals surface area (Å²) in [4.78, 5) is 16.6. The molecule has 4 rings (SSSR count). The number of rotatable bonds is 6. The normalized spacial score (nSPS) is 14.7. The van der Waals surface area contributed by atoms with Crippen LogP contribution in [0.1, 0.15) is 5.76 Å². The SMILES string of the molecule is O=C(CN1CCN(c2ccc(F)cc2)CC1)NCc1ccc(-c2ccc(Cl)cc2)o1. The lowest BCUT2D eigenvalue weighted by molar-refractivity contribution is -0.122. The van der Waals surface area contributed by atoms with Crippen LogP contribution in [0.3, 0.4) is 0 Å². The molecular weight excluding hydrogens is 405 g/mol. The fourth-order valence-corrected chi connectivity index (χ4v) is 3.63. The molecule has 2 aromatic carbocycles. The molecule has 1 aliphatic heterocycles. The molecule has 156 valence electrons. The van der Waals surface area contributed by atoms with E-state index in [2.05, 4.69) is 15.1 Å². The number of hydrogen-bond donors (Lipinski definition) is 1. The summed E-state index contributed by atoms with van der Waals surface area (Å²) in [5.41, 5.74) is 1.95. The molecule has 1 N–H and O–H groups in total. The van der Waals surface area contributed by atoms with Gasteiger partial charge in [-0.2, -0.15) is 0 Å². The molecule has 1 aliphatic rings. The predicted molar refractivity (Wildman–Crippen MR) is 116 cm³/mol. The zero-order chi connectivity index (χ0) is 20.9. The average Bonchev–Trinajstić information content (AvgIpc) is 3.23. The Labute approximate surface area is 180 Å². The Kier molecular flexibility index (Phi) is 6.35. The van der Waals surface area contributed by atoms with Crippen LogP contribution in [0.25, 0.3) is 11.3 Å². The van der Waals surface area contributed by atoms with Crippen molar-refractivity contribution in [2.75, 3.05) is 37.6 Å². The highest BCUT2D eigenvalue weighted by molar-refractivity contribution is 6.30. The monoisotopic (exact) mass is 427 g/mol. The van der Waals surface area contributed by atoms with Gasteiger partial charge in [0.05, 0.1) is 13.1 Å². The fourth-order valence-electron chi connectivity index (χ4n) is 3.50. The Morgan fingerprint density at radius 2 is 1.67 bits per heavy atom. The van der Waals surface area contributed by atoms with Crippen molar-refractivity contribution in [3.63, 3.8) is 0 Å². The van der Waals surface area contributed by atoms with Gasteiger partial charge in [0.15, 0.2) is 0 Å². The van der Waals surface area contributed by atoms with Crippen LogP contribution in [0.5, 0.6) is 0 Å². The number of halogens is 2. The van der Waals surface area contributed by atoms with E-state index in [0.29, 0.717) is 23.9 Å². The van der Waals surface area contributed by atoms with Crippen molar-refractivity contribution in [2.24, 2.45) is 0 Å². The van der Waals surface area contributed by atoms with E-state index >= 15 is 0 Å². The van der Waals surface area contributed by atoms with E-state index in [4.69, 9.17) is 16.0 Å². The van der Waals surface area contributed by atoms with E-state index in [1.165, 1.54) is 12.1 Å². The van der Waals surface area contributed by atoms with Gasteiger partial charge in [-0.3, -0.25) is 9.69 Å². The number of hydrogen-bond acceptors (Lipinski definition) is 4. The summed E-state index contributed by atoms with van der Waals surface area (Å²) in [6.45, 7) is 3.88. The number of carbonyl (C=O) groups excluding carboxylic acids is 1. The first kappa shape index (κ1) is 20.4. The molecule has 0 aliphatic carbocycles. The highest BCUT2D eigenvalue weighted by Crippen LogP contribution is 2.23. The van der Waals surface area contributed by atoms with Gasteiger partial charge in [0.2, 0.25) is 5.91 Å². The average molecular weight is 428 g/mol. The number of benzene rings is 2. The summed E-state index contributed by atoms with van der Waals surface area (Å²) < 4.78 is 18.9. The third-order valence-electron chi connectivity index (χ3n) is 5.18. The minimum Gasteiger partial charge on any atom is -0.459 e.